The molecule has 2 atom stereocenters. The van der Waals surface area contributed by atoms with Gasteiger partial charge in [0.15, 0.2) is 0 Å². The Hall–Kier alpha value is -0.930. The highest BCUT2D eigenvalue weighted by Crippen LogP contribution is 2.26. The highest BCUT2D eigenvalue weighted by molar-refractivity contribution is 5.17. The van der Waals surface area contributed by atoms with Crippen LogP contribution >= 0.6 is 0 Å². The molecule has 0 aliphatic carbocycles. The Morgan fingerprint density at radius 1 is 1.69 bits per heavy atom. The Bertz CT molecular complexity index is 288. The van der Waals surface area contributed by atoms with Crippen molar-refractivity contribution in [2.45, 2.75) is 25.6 Å². The zero-order valence-corrected chi connectivity index (χ0v) is 7.95. The fourth-order valence-electron chi connectivity index (χ4n) is 1.66. The first kappa shape index (κ1) is 8.66. The van der Waals surface area contributed by atoms with Crippen LogP contribution in [0.1, 0.15) is 19.4 Å². The quantitative estimate of drug-likeness (QED) is 0.703. The molecule has 0 aromatic carbocycles. The average molecular weight is 178 g/mol. The molecule has 0 saturated carbocycles. The van der Waals surface area contributed by atoms with Crippen molar-refractivity contribution in [3.8, 4) is 0 Å². The molecule has 3 heteroatoms. The maximum atomic E-state index is 5.69. The van der Waals surface area contributed by atoms with Gasteiger partial charge < -0.3 is 4.74 Å². The van der Waals surface area contributed by atoms with E-state index in [0.717, 1.165) is 12.2 Å². The predicted octanol–water partition coefficient (Wildman–Crippen LogP) is 1.26. The number of pyridine rings is 1. The maximum Gasteiger partial charge on any atom is 0.144 e. The van der Waals surface area contributed by atoms with Gasteiger partial charge in [-0.05, 0) is 19.9 Å². The summed E-state index contributed by atoms with van der Waals surface area (Å²) in [4.78, 5) is 4.08. The topological polar surface area (TPSA) is 34.1 Å². The van der Waals surface area contributed by atoms with E-state index in [1.54, 1.807) is 6.20 Å². The lowest BCUT2D eigenvalue weighted by Crippen LogP contribution is -2.37. The molecule has 1 aromatic rings. The third kappa shape index (κ3) is 1.57. The van der Waals surface area contributed by atoms with E-state index in [-0.39, 0.29) is 5.72 Å². The molecule has 1 aromatic heterocycles. The van der Waals surface area contributed by atoms with Gasteiger partial charge in [0.25, 0.3) is 0 Å². The maximum absolute atomic E-state index is 5.69. The summed E-state index contributed by atoms with van der Waals surface area (Å²) < 4.78 is 5.69. The number of hydrogen-bond acceptors (Lipinski definition) is 3. The zero-order valence-electron chi connectivity index (χ0n) is 7.95. The summed E-state index contributed by atoms with van der Waals surface area (Å²) in [5, 5.41) is 3.38. The third-order valence-corrected chi connectivity index (χ3v) is 2.36. The van der Waals surface area contributed by atoms with Crippen LogP contribution in [-0.4, -0.2) is 17.6 Å². The largest absolute Gasteiger partial charge is 0.355 e. The summed E-state index contributed by atoms with van der Waals surface area (Å²) in [5.41, 5.74) is 0.729. The normalized spacial score (nSPS) is 33.5. The van der Waals surface area contributed by atoms with Gasteiger partial charge in [-0.15, -0.1) is 0 Å². The van der Waals surface area contributed by atoms with Crippen molar-refractivity contribution >= 4 is 0 Å². The Kier molecular flexibility index (Phi) is 2.06. The van der Waals surface area contributed by atoms with Crippen LogP contribution in [0.25, 0.3) is 0 Å². The number of nitrogens with one attached hydrogen (secondary N) is 1. The molecule has 0 bridgehead atoms. The standard InChI is InChI=1S/C10H14N2O/c1-8-7-13-10(2,12-8)9-4-3-5-11-6-9/h3-6,8,12H,7H2,1-2H3. The summed E-state index contributed by atoms with van der Waals surface area (Å²) in [6, 6.07) is 4.36. The highest BCUT2D eigenvalue weighted by Gasteiger charge is 2.34. The van der Waals surface area contributed by atoms with Crippen molar-refractivity contribution in [2.75, 3.05) is 6.61 Å². The van der Waals surface area contributed by atoms with Crippen LogP contribution in [0.15, 0.2) is 24.5 Å². The average Bonchev–Trinajstić information content (AvgIpc) is 2.49. The molecule has 3 nitrogen and oxygen atoms in total. The fraction of sp³-hybridized carbons (Fsp3) is 0.500. The second kappa shape index (κ2) is 3.09. The van der Waals surface area contributed by atoms with E-state index in [1.165, 1.54) is 0 Å². The van der Waals surface area contributed by atoms with E-state index in [4.69, 9.17) is 4.74 Å². The van der Waals surface area contributed by atoms with Gasteiger partial charge in [0.1, 0.15) is 5.72 Å². The fourth-order valence-corrected chi connectivity index (χ4v) is 1.66. The Balaban J connectivity index is 2.26. The van der Waals surface area contributed by atoms with Gasteiger partial charge in [-0.3, -0.25) is 10.3 Å². The van der Waals surface area contributed by atoms with Crippen LogP contribution in [-0.2, 0) is 10.5 Å². The minimum absolute atomic E-state index is 0.353. The van der Waals surface area contributed by atoms with E-state index in [9.17, 15) is 0 Å². The number of ether oxygens (including phenoxy) is 1. The minimum Gasteiger partial charge on any atom is -0.355 e. The summed E-state index contributed by atoms with van der Waals surface area (Å²) in [6.45, 7) is 4.90. The molecule has 1 aliphatic heterocycles. The lowest BCUT2D eigenvalue weighted by atomic mass is 10.1. The molecule has 2 heterocycles. The van der Waals surface area contributed by atoms with Crippen molar-refractivity contribution < 1.29 is 4.74 Å². The van der Waals surface area contributed by atoms with E-state index < -0.39 is 0 Å². The number of nitrogens with zero attached hydrogens (tertiary/aromatic N) is 1. The van der Waals surface area contributed by atoms with Gasteiger partial charge in [0, 0.05) is 24.0 Å². The van der Waals surface area contributed by atoms with Crippen LogP contribution in [0.2, 0.25) is 0 Å². The first-order chi connectivity index (χ1) is 6.21. The predicted molar refractivity (Wildman–Crippen MR) is 50.1 cm³/mol. The van der Waals surface area contributed by atoms with Crippen LogP contribution in [0.5, 0.6) is 0 Å². The molecule has 13 heavy (non-hydrogen) atoms. The smallest absolute Gasteiger partial charge is 0.144 e. The van der Waals surface area contributed by atoms with Crippen molar-refractivity contribution in [3.05, 3.63) is 30.1 Å². The molecule has 1 aliphatic rings. The first-order valence-corrected chi connectivity index (χ1v) is 4.53. The second-order valence-electron chi connectivity index (χ2n) is 3.63. The van der Waals surface area contributed by atoms with Gasteiger partial charge in [0.2, 0.25) is 0 Å². The van der Waals surface area contributed by atoms with E-state index in [0.29, 0.717) is 6.04 Å². The number of rotatable bonds is 1. The second-order valence-corrected chi connectivity index (χ2v) is 3.63. The van der Waals surface area contributed by atoms with E-state index >= 15 is 0 Å². The molecule has 1 fully saturated rings. The van der Waals surface area contributed by atoms with Crippen molar-refractivity contribution in [1.29, 1.82) is 0 Å². The van der Waals surface area contributed by atoms with Crippen LogP contribution in [0.4, 0.5) is 0 Å². The molecule has 1 N–H and O–H groups in total. The molecule has 0 radical (unpaired) electrons. The Labute approximate surface area is 78.1 Å². The van der Waals surface area contributed by atoms with E-state index in [1.807, 2.05) is 25.3 Å². The zero-order chi connectivity index (χ0) is 9.31. The van der Waals surface area contributed by atoms with Gasteiger partial charge in [0.05, 0.1) is 6.61 Å². The van der Waals surface area contributed by atoms with Crippen LogP contribution in [0, 0.1) is 0 Å². The lowest BCUT2D eigenvalue weighted by Gasteiger charge is -2.23. The van der Waals surface area contributed by atoms with Gasteiger partial charge in [-0.25, -0.2) is 0 Å². The molecule has 1 saturated heterocycles. The first-order valence-electron chi connectivity index (χ1n) is 4.53. The molecule has 70 valence electrons. The van der Waals surface area contributed by atoms with Gasteiger partial charge >= 0.3 is 0 Å². The SMILES string of the molecule is CC1COC(C)(c2cccnc2)N1. The molecule has 2 unspecified atom stereocenters. The van der Waals surface area contributed by atoms with Gasteiger partial charge in [-0.2, -0.15) is 0 Å². The number of aromatic nitrogens is 1. The minimum atomic E-state index is -0.353. The molecular formula is C10H14N2O. The lowest BCUT2D eigenvalue weighted by molar-refractivity contribution is 0.00210. The van der Waals surface area contributed by atoms with Crippen LogP contribution in [0.3, 0.4) is 0 Å². The Morgan fingerprint density at radius 2 is 2.54 bits per heavy atom. The number of hydrogen-bond donors (Lipinski definition) is 1. The Morgan fingerprint density at radius 3 is 3.08 bits per heavy atom. The molecule has 0 spiro atoms. The van der Waals surface area contributed by atoms with Crippen molar-refractivity contribution in [2.24, 2.45) is 0 Å². The molecule has 2 rings (SSSR count). The third-order valence-electron chi connectivity index (χ3n) is 2.36. The van der Waals surface area contributed by atoms with E-state index in [2.05, 4.69) is 17.2 Å². The summed E-state index contributed by atoms with van der Waals surface area (Å²) >= 11 is 0. The summed E-state index contributed by atoms with van der Waals surface area (Å²) in [7, 11) is 0. The van der Waals surface area contributed by atoms with Crippen LogP contribution < -0.4 is 5.32 Å². The monoisotopic (exact) mass is 178 g/mol. The van der Waals surface area contributed by atoms with Crippen molar-refractivity contribution in [3.63, 3.8) is 0 Å². The highest BCUT2D eigenvalue weighted by atomic mass is 16.5. The molecular weight excluding hydrogens is 164 g/mol. The molecule has 0 amide bonds. The van der Waals surface area contributed by atoms with Crippen molar-refractivity contribution in [1.82, 2.24) is 10.3 Å². The summed E-state index contributed by atoms with van der Waals surface area (Å²) in [6.07, 6.45) is 3.61. The summed E-state index contributed by atoms with van der Waals surface area (Å²) in [5.74, 6) is 0. The van der Waals surface area contributed by atoms with Gasteiger partial charge in [-0.1, -0.05) is 6.07 Å².